The van der Waals surface area contributed by atoms with Crippen molar-refractivity contribution >= 4 is 17.4 Å². The minimum atomic E-state index is -0.0393. The second-order valence-corrected chi connectivity index (χ2v) is 6.79. The highest BCUT2D eigenvalue weighted by Crippen LogP contribution is 2.23. The summed E-state index contributed by atoms with van der Waals surface area (Å²) in [6, 6.07) is 5.86. The van der Waals surface area contributed by atoms with Crippen LogP contribution in [0.4, 0.5) is 0 Å². The molecule has 7 heteroatoms. The average molecular weight is 346 g/mol. The zero-order valence-electron chi connectivity index (χ0n) is 13.8. The summed E-state index contributed by atoms with van der Waals surface area (Å²) in [7, 11) is 0. The summed E-state index contributed by atoms with van der Waals surface area (Å²) in [4.78, 5) is 17.3. The molecule has 3 rings (SSSR count). The van der Waals surface area contributed by atoms with Crippen LogP contribution in [0.5, 0.6) is 5.88 Å². The molecule has 1 N–H and O–H groups in total. The number of aryl methyl sites for hydroxylation is 1. The Balaban J connectivity index is 1.48. The number of carbonyl (C=O) groups is 1. The molecule has 1 aliphatic rings. The van der Waals surface area contributed by atoms with Gasteiger partial charge in [0.2, 0.25) is 5.88 Å². The first-order valence-electron chi connectivity index (χ1n) is 8.46. The molecular weight excluding hydrogens is 324 g/mol. The number of pyridine rings is 1. The third-order valence-electron chi connectivity index (χ3n) is 4.18. The van der Waals surface area contributed by atoms with E-state index >= 15 is 0 Å². The lowest BCUT2D eigenvalue weighted by Crippen LogP contribution is -2.39. The summed E-state index contributed by atoms with van der Waals surface area (Å²) in [6.07, 6.45) is 7.34. The first-order chi connectivity index (χ1) is 11.8. The van der Waals surface area contributed by atoms with E-state index < -0.39 is 0 Å². The lowest BCUT2D eigenvalue weighted by Gasteiger charge is -2.29. The van der Waals surface area contributed by atoms with Gasteiger partial charge in [-0.05, 0) is 49.7 Å². The molecule has 2 aromatic heterocycles. The predicted molar refractivity (Wildman–Crippen MR) is 92.3 cm³/mol. The van der Waals surface area contributed by atoms with Gasteiger partial charge in [0.05, 0.1) is 5.69 Å². The standard InChI is InChI=1S/C17H22N4O2S/c1-2-5-14-16(24-21-20-14)17(22)19-12-7-9-13(10-8-12)23-15-6-3-4-11-18-15/h3-4,6,11-13H,2,5,7-10H2,1H3,(H,19,22). The van der Waals surface area contributed by atoms with Crippen LogP contribution >= 0.6 is 11.5 Å². The lowest BCUT2D eigenvalue weighted by atomic mass is 9.93. The van der Waals surface area contributed by atoms with Crippen LogP contribution in [-0.4, -0.2) is 32.6 Å². The van der Waals surface area contributed by atoms with Crippen molar-refractivity contribution in [3.8, 4) is 5.88 Å². The van der Waals surface area contributed by atoms with E-state index in [1.807, 2.05) is 18.2 Å². The quantitative estimate of drug-likeness (QED) is 0.870. The molecule has 6 nitrogen and oxygen atoms in total. The molecule has 1 fully saturated rings. The van der Waals surface area contributed by atoms with Crippen molar-refractivity contribution < 1.29 is 9.53 Å². The number of nitrogens with one attached hydrogen (secondary N) is 1. The Labute approximate surface area is 145 Å². The molecule has 0 radical (unpaired) electrons. The molecule has 24 heavy (non-hydrogen) atoms. The monoisotopic (exact) mass is 346 g/mol. The van der Waals surface area contributed by atoms with Gasteiger partial charge in [0.25, 0.3) is 5.91 Å². The topological polar surface area (TPSA) is 77.0 Å². The minimum absolute atomic E-state index is 0.0393. The van der Waals surface area contributed by atoms with Gasteiger partial charge in [-0.15, -0.1) is 5.10 Å². The molecule has 0 unspecified atom stereocenters. The highest BCUT2D eigenvalue weighted by Gasteiger charge is 2.25. The van der Waals surface area contributed by atoms with Crippen molar-refractivity contribution in [2.45, 2.75) is 57.6 Å². The molecule has 0 spiro atoms. The van der Waals surface area contributed by atoms with E-state index in [2.05, 4.69) is 26.8 Å². The predicted octanol–water partition coefficient (Wildman–Crippen LogP) is 3.01. The van der Waals surface area contributed by atoms with Gasteiger partial charge in [-0.3, -0.25) is 4.79 Å². The Morgan fingerprint density at radius 2 is 2.17 bits per heavy atom. The van der Waals surface area contributed by atoms with Crippen molar-refractivity contribution in [2.75, 3.05) is 0 Å². The molecule has 1 aliphatic carbocycles. The number of ether oxygens (including phenoxy) is 1. The van der Waals surface area contributed by atoms with Crippen molar-refractivity contribution in [3.63, 3.8) is 0 Å². The SMILES string of the molecule is CCCc1nnsc1C(=O)NC1CCC(Oc2ccccn2)CC1. The largest absolute Gasteiger partial charge is 0.474 e. The Morgan fingerprint density at radius 3 is 2.88 bits per heavy atom. The van der Waals surface area contributed by atoms with E-state index in [0.29, 0.717) is 10.8 Å². The molecule has 1 amide bonds. The highest BCUT2D eigenvalue weighted by molar-refractivity contribution is 7.08. The number of aromatic nitrogens is 3. The smallest absolute Gasteiger partial charge is 0.265 e. The summed E-state index contributed by atoms with van der Waals surface area (Å²) in [5, 5.41) is 7.18. The van der Waals surface area contributed by atoms with Gasteiger partial charge in [0.1, 0.15) is 11.0 Å². The highest BCUT2D eigenvalue weighted by atomic mass is 32.1. The average Bonchev–Trinajstić information content (AvgIpc) is 3.06. The number of hydrogen-bond acceptors (Lipinski definition) is 6. The van der Waals surface area contributed by atoms with E-state index in [1.54, 1.807) is 6.20 Å². The van der Waals surface area contributed by atoms with Gasteiger partial charge in [0.15, 0.2) is 0 Å². The first-order valence-corrected chi connectivity index (χ1v) is 9.23. The number of nitrogens with zero attached hydrogens (tertiary/aromatic N) is 3. The van der Waals surface area contributed by atoms with E-state index in [4.69, 9.17) is 4.74 Å². The van der Waals surface area contributed by atoms with Crippen LogP contribution in [0.3, 0.4) is 0 Å². The molecule has 0 aliphatic heterocycles. The van der Waals surface area contributed by atoms with E-state index in [0.717, 1.165) is 44.2 Å². The van der Waals surface area contributed by atoms with Gasteiger partial charge in [-0.2, -0.15) is 0 Å². The van der Waals surface area contributed by atoms with Crippen LogP contribution in [0.15, 0.2) is 24.4 Å². The maximum absolute atomic E-state index is 12.4. The number of carbonyl (C=O) groups excluding carboxylic acids is 1. The summed E-state index contributed by atoms with van der Waals surface area (Å²) >= 11 is 1.18. The molecule has 2 heterocycles. The van der Waals surface area contributed by atoms with Crippen molar-refractivity contribution in [1.29, 1.82) is 0 Å². The Morgan fingerprint density at radius 1 is 1.33 bits per heavy atom. The second kappa shape index (κ2) is 8.19. The Hall–Kier alpha value is -2.02. The molecule has 2 aromatic rings. The maximum atomic E-state index is 12.4. The van der Waals surface area contributed by atoms with Crippen LogP contribution in [0.2, 0.25) is 0 Å². The van der Waals surface area contributed by atoms with Gasteiger partial charge in [-0.25, -0.2) is 4.98 Å². The fraction of sp³-hybridized carbons (Fsp3) is 0.529. The lowest BCUT2D eigenvalue weighted by molar-refractivity contribution is 0.0893. The van der Waals surface area contributed by atoms with Gasteiger partial charge >= 0.3 is 0 Å². The summed E-state index contributed by atoms with van der Waals surface area (Å²) in [6.45, 7) is 2.07. The Bertz CT molecular complexity index is 654. The van der Waals surface area contributed by atoms with Gasteiger partial charge in [0, 0.05) is 18.3 Å². The fourth-order valence-corrected chi connectivity index (χ4v) is 3.56. The molecular formula is C17H22N4O2S. The maximum Gasteiger partial charge on any atom is 0.265 e. The van der Waals surface area contributed by atoms with Crippen LogP contribution in [0, 0.1) is 0 Å². The third-order valence-corrected chi connectivity index (χ3v) is 4.95. The van der Waals surface area contributed by atoms with E-state index in [-0.39, 0.29) is 18.1 Å². The molecule has 0 saturated heterocycles. The normalized spacial score (nSPS) is 20.5. The zero-order chi connectivity index (χ0) is 16.8. The van der Waals surface area contributed by atoms with Crippen molar-refractivity contribution in [1.82, 2.24) is 19.9 Å². The van der Waals surface area contributed by atoms with Crippen molar-refractivity contribution in [2.24, 2.45) is 0 Å². The van der Waals surface area contributed by atoms with Gasteiger partial charge in [-0.1, -0.05) is 23.9 Å². The molecule has 128 valence electrons. The second-order valence-electron chi connectivity index (χ2n) is 6.03. The van der Waals surface area contributed by atoms with Crippen LogP contribution in [-0.2, 0) is 6.42 Å². The first kappa shape index (κ1) is 16.8. The zero-order valence-corrected chi connectivity index (χ0v) is 14.6. The third kappa shape index (κ3) is 4.29. The fourth-order valence-electron chi connectivity index (χ4n) is 2.94. The van der Waals surface area contributed by atoms with Gasteiger partial charge < -0.3 is 10.1 Å². The summed E-state index contributed by atoms with van der Waals surface area (Å²) in [5.41, 5.74) is 0.812. The molecule has 0 bridgehead atoms. The molecule has 0 aromatic carbocycles. The summed E-state index contributed by atoms with van der Waals surface area (Å²) in [5.74, 6) is 0.632. The van der Waals surface area contributed by atoms with Crippen LogP contribution in [0.25, 0.3) is 0 Å². The van der Waals surface area contributed by atoms with E-state index in [9.17, 15) is 4.79 Å². The Kier molecular flexibility index (Phi) is 5.74. The molecule has 0 atom stereocenters. The van der Waals surface area contributed by atoms with Crippen LogP contribution < -0.4 is 10.1 Å². The minimum Gasteiger partial charge on any atom is -0.474 e. The number of amides is 1. The van der Waals surface area contributed by atoms with Crippen molar-refractivity contribution in [3.05, 3.63) is 35.0 Å². The number of rotatable bonds is 6. The number of hydrogen-bond donors (Lipinski definition) is 1. The van der Waals surface area contributed by atoms with E-state index in [1.165, 1.54) is 11.5 Å². The molecule has 1 saturated carbocycles. The van der Waals surface area contributed by atoms with Crippen LogP contribution in [0.1, 0.15) is 54.4 Å². The summed E-state index contributed by atoms with van der Waals surface area (Å²) < 4.78 is 9.81.